The number of hydrogen-bond acceptors (Lipinski definition) is 2. The summed E-state index contributed by atoms with van der Waals surface area (Å²) in [5.74, 6) is 0.0673. The van der Waals surface area contributed by atoms with Crippen LogP contribution in [0.5, 0.6) is 0 Å². The minimum Gasteiger partial charge on any atom is -0.444 e. The summed E-state index contributed by atoms with van der Waals surface area (Å²) < 4.78 is 18.3. The van der Waals surface area contributed by atoms with Crippen LogP contribution in [0.2, 0.25) is 0 Å². The number of rotatable bonds is 1. The molecule has 1 heterocycles. The molecule has 1 saturated heterocycles. The number of carbonyl (C=O) groups is 1. The van der Waals surface area contributed by atoms with E-state index < -0.39 is 5.60 Å². The molecular formula is C15H20FNO2. The molecule has 0 radical (unpaired) electrons. The Hall–Kier alpha value is -1.58. The SMILES string of the molecule is Cc1cc(F)ccc1C1CN(C(=O)OC(C)(C)C)C1. The third-order valence-corrected chi connectivity index (χ3v) is 3.20. The lowest BCUT2D eigenvalue weighted by Gasteiger charge is -2.40. The molecule has 1 fully saturated rings. The molecule has 2 rings (SSSR count). The number of carbonyl (C=O) groups excluding carboxylic acids is 1. The Morgan fingerprint density at radius 1 is 1.37 bits per heavy atom. The van der Waals surface area contributed by atoms with Gasteiger partial charge in [-0.2, -0.15) is 0 Å². The second-order valence-electron chi connectivity index (χ2n) is 6.08. The standard InChI is InChI=1S/C15H20FNO2/c1-10-7-12(16)5-6-13(10)11-8-17(9-11)14(18)19-15(2,3)4/h5-7,11H,8-9H2,1-4H3. The van der Waals surface area contributed by atoms with Crippen molar-refractivity contribution >= 4 is 6.09 Å². The number of likely N-dealkylation sites (tertiary alicyclic amines) is 1. The van der Waals surface area contributed by atoms with E-state index in [4.69, 9.17) is 4.74 Å². The van der Waals surface area contributed by atoms with Crippen molar-refractivity contribution in [3.05, 3.63) is 35.1 Å². The Morgan fingerprint density at radius 2 is 2.00 bits per heavy atom. The normalized spacial score (nSPS) is 16.2. The van der Waals surface area contributed by atoms with Crippen LogP contribution in [-0.4, -0.2) is 29.7 Å². The lowest BCUT2D eigenvalue weighted by molar-refractivity contribution is 0.00813. The molecule has 4 heteroatoms. The van der Waals surface area contributed by atoms with Crippen LogP contribution >= 0.6 is 0 Å². The fourth-order valence-electron chi connectivity index (χ4n) is 2.25. The van der Waals surface area contributed by atoms with Gasteiger partial charge < -0.3 is 9.64 Å². The van der Waals surface area contributed by atoms with Gasteiger partial charge in [0, 0.05) is 19.0 Å². The highest BCUT2D eigenvalue weighted by Gasteiger charge is 2.35. The van der Waals surface area contributed by atoms with Gasteiger partial charge in [0.25, 0.3) is 0 Å². The number of aryl methyl sites for hydroxylation is 1. The molecule has 19 heavy (non-hydrogen) atoms. The van der Waals surface area contributed by atoms with E-state index in [0.717, 1.165) is 11.1 Å². The number of halogens is 1. The summed E-state index contributed by atoms with van der Waals surface area (Å²) in [6.45, 7) is 8.74. The molecular weight excluding hydrogens is 245 g/mol. The number of ether oxygens (including phenoxy) is 1. The van der Waals surface area contributed by atoms with E-state index in [2.05, 4.69) is 0 Å². The van der Waals surface area contributed by atoms with Crippen molar-refractivity contribution in [3.8, 4) is 0 Å². The number of hydrogen-bond donors (Lipinski definition) is 0. The predicted molar refractivity (Wildman–Crippen MR) is 71.7 cm³/mol. The summed E-state index contributed by atoms with van der Waals surface area (Å²) in [5.41, 5.74) is 1.59. The molecule has 1 aromatic carbocycles. The zero-order valence-electron chi connectivity index (χ0n) is 11.9. The molecule has 0 saturated carbocycles. The third-order valence-electron chi connectivity index (χ3n) is 3.20. The zero-order valence-corrected chi connectivity index (χ0v) is 11.9. The summed E-state index contributed by atoms with van der Waals surface area (Å²) in [6.07, 6.45) is -0.275. The maximum Gasteiger partial charge on any atom is 0.410 e. The van der Waals surface area contributed by atoms with Crippen molar-refractivity contribution in [2.24, 2.45) is 0 Å². The smallest absolute Gasteiger partial charge is 0.410 e. The van der Waals surface area contributed by atoms with E-state index in [-0.39, 0.29) is 17.8 Å². The molecule has 1 amide bonds. The van der Waals surface area contributed by atoms with Gasteiger partial charge in [0.1, 0.15) is 11.4 Å². The van der Waals surface area contributed by atoms with Crippen molar-refractivity contribution in [3.63, 3.8) is 0 Å². The van der Waals surface area contributed by atoms with Crippen molar-refractivity contribution in [2.75, 3.05) is 13.1 Å². The van der Waals surface area contributed by atoms with Gasteiger partial charge in [-0.05, 0) is 51.0 Å². The fraction of sp³-hybridized carbons (Fsp3) is 0.533. The largest absolute Gasteiger partial charge is 0.444 e. The van der Waals surface area contributed by atoms with Gasteiger partial charge >= 0.3 is 6.09 Å². The molecule has 1 aliphatic heterocycles. The second kappa shape index (κ2) is 4.83. The molecule has 1 aromatic rings. The lowest BCUT2D eigenvalue weighted by Crippen LogP contribution is -2.50. The second-order valence-corrected chi connectivity index (χ2v) is 6.08. The summed E-state index contributed by atoms with van der Waals surface area (Å²) in [7, 11) is 0. The van der Waals surface area contributed by atoms with Crippen molar-refractivity contribution in [2.45, 2.75) is 39.2 Å². The molecule has 0 spiro atoms. The van der Waals surface area contributed by atoms with Crippen LogP contribution in [0.4, 0.5) is 9.18 Å². The minimum absolute atomic E-state index is 0.218. The minimum atomic E-state index is -0.464. The van der Waals surface area contributed by atoms with Gasteiger partial charge in [0.05, 0.1) is 0 Å². The van der Waals surface area contributed by atoms with Crippen LogP contribution in [0.1, 0.15) is 37.8 Å². The average Bonchev–Trinajstić information content (AvgIpc) is 2.16. The topological polar surface area (TPSA) is 29.5 Å². The highest BCUT2D eigenvalue weighted by molar-refractivity contribution is 5.69. The molecule has 104 valence electrons. The Kier molecular flexibility index (Phi) is 3.52. The highest BCUT2D eigenvalue weighted by atomic mass is 19.1. The van der Waals surface area contributed by atoms with Gasteiger partial charge in [-0.3, -0.25) is 0 Å². The Bertz CT molecular complexity index is 487. The molecule has 3 nitrogen and oxygen atoms in total. The first-order valence-electron chi connectivity index (χ1n) is 6.50. The maximum absolute atomic E-state index is 13.0. The first kappa shape index (κ1) is 13.8. The Labute approximate surface area is 113 Å². The zero-order chi connectivity index (χ0) is 14.2. The summed E-state index contributed by atoms with van der Waals surface area (Å²) in [6, 6.07) is 4.81. The van der Waals surface area contributed by atoms with Gasteiger partial charge in [-0.1, -0.05) is 6.07 Å². The van der Waals surface area contributed by atoms with Crippen LogP contribution < -0.4 is 0 Å². The van der Waals surface area contributed by atoms with Gasteiger partial charge in [0.15, 0.2) is 0 Å². The maximum atomic E-state index is 13.0. The van der Waals surface area contributed by atoms with Crippen LogP contribution in [0, 0.1) is 12.7 Å². The molecule has 1 aliphatic rings. The highest BCUT2D eigenvalue weighted by Crippen LogP contribution is 2.30. The Morgan fingerprint density at radius 3 is 2.53 bits per heavy atom. The molecule has 0 unspecified atom stereocenters. The van der Waals surface area contributed by atoms with E-state index in [1.54, 1.807) is 4.90 Å². The molecule has 0 bridgehead atoms. The van der Waals surface area contributed by atoms with E-state index in [1.165, 1.54) is 12.1 Å². The van der Waals surface area contributed by atoms with Gasteiger partial charge in [0.2, 0.25) is 0 Å². The van der Waals surface area contributed by atoms with E-state index in [1.807, 2.05) is 33.8 Å². The number of benzene rings is 1. The lowest BCUT2D eigenvalue weighted by atomic mass is 9.89. The van der Waals surface area contributed by atoms with E-state index in [0.29, 0.717) is 13.1 Å². The van der Waals surface area contributed by atoms with Crippen molar-refractivity contribution in [1.29, 1.82) is 0 Å². The molecule has 0 atom stereocenters. The number of nitrogens with zero attached hydrogens (tertiary/aromatic N) is 1. The van der Waals surface area contributed by atoms with Crippen LogP contribution in [0.3, 0.4) is 0 Å². The number of amides is 1. The first-order chi connectivity index (χ1) is 8.76. The quantitative estimate of drug-likeness (QED) is 0.778. The fourth-order valence-corrected chi connectivity index (χ4v) is 2.25. The average molecular weight is 265 g/mol. The van der Waals surface area contributed by atoms with Crippen molar-refractivity contribution in [1.82, 2.24) is 4.90 Å². The first-order valence-corrected chi connectivity index (χ1v) is 6.50. The predicted octanol–water partition coefficient (Wildman–Crippen LogP) is 3.47. The van der Waals surface area contributed by atoms with Gasteiger partial charge in [-0.25, -0.2) is 9.18 Å². The summed E-state index contributed by atoms with van der Waals surface area (Å²) in [4.78, 5) is 13.5. The molecule has 0 N–H and O–H groups in total. The van der Waals surface area contributed by atoms with E-state index in [9.17, 15) is 9.18 Å². The molecule has 0 aromatic heterocycles. The van der Waals surface area contributed by atoms with Crippen molar-refractivity contribution < 1.29 is 13.9 Å². The Balaban J connectivity index is 1.94. The third kappa shape index (κ3) is 3.25. The van der Waals surface area contributed by atoms with E-state index >= 15 is 0 Å². The summed E-state index contributed by atoms with van der Waals surface area (Å²) in [5, 5.41) is 0. The van der Waals surface area contributed by atoms with Crippen LogP contribution in [0.15, 0.2) is 18.2 Å². The van der Waals surface area contributed by atoms with Gasteiger partial charge in [-0.15, -0.1) is 0 Å². The van der Waals surface area contributed by atoms with Crippen LogP contribution in [-0.2, 0) is 4.74 Å². The molecule has 0 aliphatic carbocycles. The summed E-state index contributed by atoms with van der Waals surface area (Å²) >= 11 is 0. The van der Waals surface area contributed by atoms with Crippen LogP contribution in [0.25, 0.3) is 0 Å². The monoisotopic (exact) mass is 265 g/mol.